The van der Waals surface area contributed by atoms with Gasteiger partial charge < -0.3 is 10.1 Å². The largest absolute Gasteiger partial charge is 0.379 e. The van der Waals surface area contributed by atoms with Gasteiger partial charge in [0.2, 0.25) is 0 Å². The maximum atomic E-state index is 14.1. The quantitative estimate of drug-likeness (QED) is 0.614. The lowest BCUT2D eigenvalue weighted by Crippen LogP contribution is -2.26. The number of rotatable bonds is 7. The van der Waals surface area contributed by atoms with E-state index in [0.717, 1.165) is 6.07 Å². The van der Waals surface area contributed by atoms with Crippen molar-refractivity contribution in [1.29, 1.82) is 0 Å². The molecule has 0 aliphatic rings. The number of nitrogens with zero attached hydrogens (tertiary/aromatic N) is 1. The van der Waals surface area contributed by atoms with Crippen LogP contribution in [0.25, 0.3) is 22.0 Å². The fraction of sp³-hybridized carbons (Fsp3) is 0.300. The van der Waals surface area contributed by atoms with Crippen molar-refractivity contribution < 1.29 is 18.3 Å². The van der Waals surface area contributed by atoms with Gasteiger partial charge in [0.1, 0.15) is 0 Å². The summed E-state index contributed by atoms with van der Waals surface area (Å²) >= 11 is 0. The van der Waals surface area contributed by atoms with Gasteiger partial charge >= 0.3 is 0 Å². The molecule has 2 N–H and O–H groups in total. The van der Waals surface area contributed by atoms with E-state index < -0.39 is 11.6 Å². The number of carbonyl (C=O) groups excluding carboxylic acids is 1. The van der Waals surface area contributed by atoms with Crippen LogP contribution in [0.5, 0.6) is 0 Å². The number of amides is 1. The van der Waals surface area contributed by atoms with Gasteiger partial charge in [0.05, 0.1) is 11.6 Å². The Labute approximate surface area is 155 Å². The molecule has 142 valence electrons. The number of fused-ring (bicyclic) bond motifs is 1. The van der Waals surface area contributed by atoms with E-state index in [1.165, 1.54) is 12.1 Å². The average Bonchev–Trinajstić information content (AvgIpc) is 3.06. The highest BCUT2D eigenvalue weighted by Crippen LogP contribution is 2.28. The summed E-state index contributed by atoms with van der Waals surface area (Å²) in [7, 11) is 0. The molecule has 3 aromatic rings. The molecule has 0 radical (unpaired) electrons. The first-order chi connectivity index (χ1) is 13.0. The van der Waals surface area contributed by atoms with Crippen molar-refractivity contribution in [3.05, 3.63) is 53.7 Å². The van der Waals surface area contributed by atoms with E-state index in [2.05, 4.69) is 15.5 Å². The summed E-state index contributed by atoms with van der Waals surface area (Å²) in [6, 6.07) is 8.98. The highest BCUT2D eigenvalue weighted by molar-refractivity contribution is 6.05. The molecule has 0 spiro atoms. The summed E-state index contributed by atoms with van der Waals surface area (Å²) in [4.78, 5) is 12.4. The Morgan fingerprint density at radius 1 is 1.26 bits per heavy atom. The molecule has 1 heterocycles. The zero-order valence-electron chi connectivity index (χ0n) is 15.2. The molecule has 1 amide bonds. The summed E-state index contributed by atoms with van der Waals surface area (Å²) in [6.45, 7) is 4.92. The number of nitrogens with one attached hydrogen (secondary N) is 2. The monoisotopic (exact) mass is 373 g/mol. The molecule has 0 aliphatic heterocycles. The predicted octanol–water partition coefficient (Wildman–Crippen LogP) is 4.05. The summed E-state index contributed by atoms with van der Waals surface area (Å²) in [5, 5.41) is 10.2. The second kappa shape index (κ2) is 8.26. The van der Waals surface area contributed by atoms with E-state index in [-0.39, 0.29) is 23.3 Å². The van der Waals surface area contributed by atoms with Crippen LogP contribution in [0.1, 0.15) is 30.8 Å². The standard InChI is InChI=1S/C20H21F2N3O2/c1-12(2)27-10-4-9-23-20(26)19-15-11-13(7-8-17(15)24-25-19)14-5-3-6-16(21)18(14)22/h3,5-8,11-12H,4,9-10H2,1-2H3,(H,23,26)(H,24,25). The Hall–Kier alpha value is -2.80. The SMILES string of the molecule is CC(C)OCCCNC(=O)c1n[nH]c2ccc(-c3cccc(F)c3F)cc12. The Kier molecular flexibility index (Phi) is 5.81. The molecule has 5 nitrogen and oxygen atoms in total. The van der Waals surface area contributed by atoms with Crippen LogP contribution in [0, 0.1) is 11.6 Å². The van der Waals surface area contributed by atoms with Gasteiger partial charge in [-0.25, -0.2) is 8.78 Å². The minimum atomic E-state index is -0.920. The number of ether oxygens (including phenoxy) is 1. The van der Waals surface area contributed by atoms with E-state index in [1.807, 2.05) is 13.8 Å². The molecular formula is C20H21F2N3O2. The van der Waals surface area contributed by atoms with Crippen LogP contribution in [0.4, 0.5) is 8.78 Å². The molecule has 3 rings (SSSR count). The predicted molar refractivity (Wildman–Crippen MR) is 99.5 cm³/mol. The summed E-state index contributed by atoms with van der Waals surface area (Å²) in [6.07, 6.45) is 0.837. The molecule has 1 aromatic heterocycles. The van der Waals surface area contributed by atoms with Crippen molar-refractivity contribution in [3.8, 4) is 11.1 Å². The third-order valence-corrected chi connectivity index (χ3v) is 4.10. The van der Waals surface area contributed by atoms with Gasteiger partial charge in [-0.3, -0.25) is 9.89 Å². The molecule has 7 heteroatoms. The smallest absolute Gasteiger partial charge is 0.272 e. The molecule has 0 bridgehead atoms. The number of benzene rings is 2. The van der Waals surface area contributed by atoms with Gasteiger partial charge in [-0.2, -0.15) is 5.10 Å². The van der Waals surface area contributed by atoms with Crippen LogP contribution >= 0.6 is 0 Å². The lowest BCUT2D eigenvalue weighted by molar-refractivity contribution is 0.0756. The second-order valence-electron chi connectivity index (χ2n) is 6.46. The third kappa shape index (κ3) is 4.31. The molecule has 27 heavy (non-hydrogen) atoms. The van der Waals surface area contributed by atoms with Crippen LogP contribution in [0.3, 0.4) is 0 Å². The van der Waals surface area contributed by atoms with E-state index in [9.17, 15) is 13.6 Å². The van der Waals surface area contributed by atoms with Crippen molar-refractivity contribution in [2.75, 3.05) is 13.2 Å². The molecule has 0 saturated carbocycles. The lowest BCUT2D eigenvalue weighted by Gasteiger charge is -2.08. The summed E-state index contributed by atoms with van der Waals surface area (Å²) in [5.41, 5.74) is 1.47. The Morgan fingerprint density at radius 3 is 2.85 bits per heavy atom. The van der Waals surface area contributed by atoms with Crippen LogP contribution < -0.4 is 5.32 Å². The highest BCUT2D eigenvalue weighted by atomic mass is 19.2. The number of H-pyrrole nitrogens is 1. The van der Waals surface area contributed by atoms with Gasteiger partial charge in [-0.1, -0.05) is 18.2 Å². The van der Waals surface area contributed by atoms with Gasteiger partial charge in [-0.15, -0.1) is 0 Å². The van der Waals surface area contributed by atoms with Crippen LogP contribution in [0.2, 0.25) is 0 Å². The topological polar surface area (TPSA) is 67.0 Å². The molecule has 0 saturated heterocycles. The maximum absolute atomic E-state index is 14.1. The van der Waals surface area contributed by atoms with Gasteiger partial charge in [0, 0.05) is 24.1 Å². The normalized spacial score (nSPS) is 11.3. The lowest BCUT2D eigenvalue weighted by atomic mass is 10.0. The zero-order valence-corrected chi connectivity index (χ0v) is 15.2. The first-order valence-corrected chi connectivity index (χ1v) is 8.79. The Balaban J connectivity index is 1.79. The first-order valence-electron chi connectivity index (χ1n) is 8.79. The number of halogens is 2. The minimum Gasteiger partial charge on any atom is -0.379 e. The number of carbonyl (C=O) groups is 1. The minimum absolute atomic E-state index is 0.135. The number of hydrogen-bond acceptors (Lipinski definition) is 3. The van der Waals surface area contributed by atoms with E-state index >= 15 is 0 Å². The molecule has 0 fully saturated rings. The fourth-order valence-electron chi connectivity index (χ4n) is 2.76. The van der Waals surface area contributed by atoms with E-state index in [0.29, 0.717) is 36.0 Å². The van der Waals surface area contributed by atoms with Crippen molar-refractivity contribution in [1.82, 2.24) is 15.5 Å². The molecular weight excluding hydrogens is 352 g/mol. The van der Waals surface area contributed by atoms with Crippen LogP contribution in [-0.2, 0) is 4.74 Å². The van der Waals surface area contributed by atoms with Gasteiger partial charge in [-0.05, 0) is 44.0 Å². The van der Waals surface area contributed by atoms with Gasteiger partial charge in [0.15, 0.2) is 17.3 Å². The van der Waals surface area contributed by atoms with Crippen molar-refractivity contribution in [2.45, 2.75) is 26.4 Å². The fourth-order valence-corrected chi connectivity index (χ4v) is 2.76. The summed E-state index contributed by atoms with van der Waals surface area (Å²) < 4.78 is 33.0. The van der Waals surface area contributed by atoms with Crippen molar-refractivity contribution in [3.63, 3.8) is 0 Å². The third-order valence-electron chi connectivity index (χ3n) is 4.10. The van der Waals surface area contributed by atoms with Crippen LogP contribution in [-0.4, -0.2) is 35.4 Å². The first kappa shape index (κ1) is 19.0. The number of aromatic nitrogens is 2. The highest BCUT2D eigenvalue weighted by Gasteiger charge is 2.16. The van der Waals surface area contributed by atoms with Crippen molar-refractivity contribution >= 4 is 16.8 Å². The molecule has 2 aromatic carbocycles. The number of aromatic amines is 1. The average molecular weight is 373 g/mol. The zero-order chi connectivity index (χ0) is 19.4. The Morgan fingerprint density at radius 2 is 2.07 bits per heavy atom. The molecule has 0 atom stereocenters. The maximum Gasteiger partial charge on any atom is 0.272 e. The van der Waals surface area contributed by atoms with Crippen molar-refractivity contribution in [2.24, 2.45) is 0 Å². The second-order valence-corrected chi connectivity index (χ2v) is 6.46. The number of hydrogen-bond donors (Lipinski definition) is 2. The van der Waals surface area contributed by atoms with E-state index in [1.54, 1.807) is 18.2 Å². The van der Waals surface area contributed by atoms with Crippen LogP contribution in [0.15, 0.2) is 36.4 Å². The summed E-state index contributed by atoms with van der Waals surface area (Å²) in [5.74, 6) is -2.17. The Bertz CT molecular complexity index is 954. The molecule has 0 aliphatic carbocycles. The van der Waals surface area contributed by atoms with Gasteiger partial charge in [0.25, 0.3) is 5.91 Å². The molecule has 0 unspecified atom stereocenters. The van der Waals surface area contributed by atoms with E-state index in [4.69, 9.17) is 4.74 Å².